The molecule has 11 nitrogen and oxygen atoms in total. The maximum absolute atomic E-state index is 10.0. The Morgan fingerprint density at radius 3 is 3.00 bits per heavy atom. The van der Waals surface area contributed by atoms with Crippen LogP contribution in [0.15, 0.2) is 17.8 Å². The average molecular weight is 292 g/mol. The standard InChI is InChI=1S/C10H12N8O3/c11-8-6-9(14-2-13-8)18(3-15-6)10-5(16-17-12)7(20)4(1-19)21-10/h2-5,7,10,19-20H,1H2,(H2,11,13,14)/t4-,5+,7+,10+/m0/s1. The van der Waals surface area contributed by atoms with Gasteiger partial charge in [0.15, 0.2) is 11.5 Å². The summed E-state index contributed by atoms with van der Waals surface area (Å²) in [6, 6.07) is -0.916. The fraction of sp³-hybridized carbons (Fsp3) is 0.500. The highest BCUT2D eigenvalue weighted by Crippen LogP contribution is 2.33. The van der Waals surface area contributed by atoms with Gasteiger partial charge in [-0.3, -0.25) is 4.57 Å². The molecule has 0 unspecified atom stereocenters. The van der Waals surface area contributed by atoms with Crippen molar-refractivity contribution in [3.8, 4) is 0 Å². The zero-order valence-corrected chi connectivity index (χ0v) is 10.7. The molecule has 4 N–H and O–H groups in total. The van der Waals surface area contributed by atoms with E-state index in [9.17, 15) is 10.2 Å². The number of hydrogen-bond donors (Lipinski definition) is 3. The number of nitrogens with zero attached hydrogens (tertiary/aromatic N) is 7. The molecule has 3 rings (SSSR count). The highest BCUT2D eigenvalue weighted by molar-refractivity contribution is 5.81. The van der Waals surface area contributed by atoms with E-state index in [1.165, 1.54) is 17.2 Å². The van der Waals surface area contributed by atoms with Gasteiger partial charge in [-0.2, -0.15) is 0 Å². The Kier molecular flexibility index (Phi) is 3.31. The van der Waals surface area contributed by atoms with Crippen LogP contribution in [0.5, 0.6) is 0 Å². The van der Waals surface area contributed by atoms with Crippen LogP contribution in [-0.2, 0) is 4.74 Å². The number of aromatic nitrogens is 4. The first-order valence-electron chi connectivity index (χ1n) is 6.09. The molecule has 21 heavy (non-hydrogen) atoms. The van der Waals surface area contributed by atoms with E-state index < -0.39 is 31.1 Å². The fourth-order valence-corrected chi connectivity index (χ4v) is 2.35. The summed E-state index contributed by atoms with van der Waals surface area (Å²) in [6.07, 6.45) is -0.151. The lowest BCUT2D eigenvalue weighted by Crippen LogP contribution is -2.31. The van der Waals surface area contributed by atoms with Gasteiger partial charge in [0.05, 0.1) is 19.0 Å². The van der Waals surface area contributed by atoms with Gasteiger partial charge in [-0.1, -0.05) is 5.11 Å². The number of fused-ring (bicyclic) bond motifs is 1. The number of nitrogen functional groups attached to an aromatic ring is 1. The normalized spacial score (nSPS) is 28.7. The second-order valence-electron chi connectivity index (χ2n) is 4.52. The van der Waals surface area contributed by atoms with Gasteiger partial charge in [-0.05, 0) is 5.53 Å². The lowest BCUT2D eigenvalue weighted by atomic mass is 10.1. The van der Waals surface area contributed by atoms with Crippen LogP contribution in [0.4, 0.5) is 5.82 Å². The number of ether oxygens (including phenoxy) is 1. The van der Waals surface area contributed by atoms with Crippen LogP contribution in [0.3, 0.4) is 0 Å². The summed E-state index contributed by atoms with van der Waals surface area (Å²) < 4.78 is 7.03. The Hall–Kier alpha value is -2.46. The molecule has 0 aliphatic carbocycles. The summed E-state index contributed by atoms with van der Waals surface area (Å²) in [6.45, 7) is -0.404. The van der Waals surface area contributed by atoms with E-state index >= 15 is 0 Å². The summed E-state index contributed by atoms with van der Waals surface area (Å²) in [7, 11) is 0. The number of aliphatic hydroxyl groups is 2. The third-order valence-electron chi connectivity index (χ3n) is 3.36. The molecule has 110 valence electrons. The van der Waals surface area contributed by atoms with E-state index in [1.54, 1.807) is 0 Å². The Morgan fingerprint density at radius 2 is 2.29 bits per heavy atom. The minimum absolute atomic E-state index is 0.205. The zero-order chi connectivity index (χ0) is 15.0. The molecule has 1 saturated heterocycles. The van der Waals surface area contributed by atoms with Gasteiger partial charge in [-0.25, -0.2) is 15.0 Å². The summed E-state index contributed by atoms with van der Waals surface area (Å²) >= 11 is 0. The molecular weight excluding hydrogens is 280 g/mol. The van der Waals surface area contributed by atoms with Crippen molar-refractivity contribution < 1.29 is 14.9 Å². The van der Waals surface area contributed by atoms with Gasteiger partial charge in [-0.15, -0.1) is 0 Å². The first-order valence-corrected chi connectivity index (χ1v) is 6.09. The second kappa shape index (κ2) is 5.14. The van der Waals surface area contributed by atoms with Crippen LogP contribution >= 0.6 is 0 Å². The largest absolute Gasteiger partial charge is 0.394 e. The predicted molar refractivity (Wildman–Crippen MR) is 69.7 cm³/mol. The molecular formula is C10H12N8O3. The van der Waals surface area contributed by atoms with Gasteiger partial charge >= 0.3 is 0 Å². The molecule has 11 heteroatoms. The Labute approximate surface area is 117 Å². The second-order valence-corrected chi connectivity index (χ2v) is 4.52. The van der Waals surface area contributed by atoms with Gasteiger partial charge in [0.1, 0.15) is 30.2 Å². The summed E-state index contributed by atoms with van der Waals surface area (Å²) in [4.78, 5) is 14.7. The van der Waals surface area contributed by atoms with Crippen molar-refractivity contribution in [2.75, 3.05) is 12.3 Å². The van der Waals surface area contributed by atoms with Crippen LogP contribution in [0, 0.1) is 0 Å². The van der Waals surface area contributed by atoms with Crippen molar-refractivity contribution in [2.24, 2.45) is 5.11 Å². The fourth-order valence-electron chi connectivity index (χ4n) is 2.35. The third-order valence-corrected chi connectivity index (χ3v) is 3.36. The molecule has 4 atom stereocenters. The third kappa shape index (κ3) is 2.04. The molecule has 2 aromatic rings. The highest BCUT2D eigenvalue weighted by Gasteiger charge is 2.44. The predicted octanol–water partition coefficient (Wildman–Crippen LogP) is -0.662. The minimum Gasteiger partial charge on any atom is -0.394 e. The Balaban J connectivity index is 2.08. The number of hydrogen-bond acceptors (Lipinski definition) is 8. The van der Waals surface area contributed by atoms with Gasteiger partial charge in [0.25, 0.3) is 0 Å². The summed E-state index contributed by atoms with van der Waals surface area (Å²) in [5.74, 6) is 0.205. The Bertz CT molecular complexity index is 711. The maximum atomic E-state index is 10.0. The number of rotatable bonds is 3. The summed E-state index contributed by atoms with van der Waals surface area (Å²) in [5, 5.41) is 22.8. The molecule has 0 saturated carbocycles. The van der Waals surface area contributed by atoms with Crippen molar-refractivity contribution in [3.05, 3.63) is 23.1 Å². The molecule has 0 radical (unpaired) electrons. The monoisotopic (exact) mass is 292 g/mol. The molecule has 1 aliphatic heterocycles. The first kappa shape index (κ1) is 13.5. The van der Waals surface area contributed by atoms with Crippen LogP contribution in [0.2, 0.25) is 0 Å². The SMILES string of the molecule is [N-]=[N+]=N[C@@H]1[C@H](O)[C@H](CO)O[C@H]1n1cnc2c(N)ncnc21. The van der Waals surface area contributed by atoms with Crippen LogP contribution in [0.1, 0.15) is 6.23 Å². The van der Waals surface area contributed by atoms with E-state index in [1.807, 2.05) is 0 Å². The van der Waals surface area contributed by atoms with Crippen molar-refractivity contribution in [1.29, 1.82) is 0 Å². The molecule has 3 heterocycles. The van der Waals surface area contributed by atoms with E-state index in [-0.39, 0.29) is 5.82 Å². The molecule has 2 aromatic heterocycles. The molecule has 0 spiro atoms. The highest BCUT2D eigenvalue weighted by atomic mass is 16.5. The number of azide groups is 1. The minimum atomic E-state index is -1.13. The number of anilines is 1. The van der Waals surface area contributed by atoms with E-state index in [2.05, 4.69) is 25.0 Å². The lowest BCUT2D eigenvalue weighted by molar-refractivity contribution is -0.0437. The van der Waals surface area contributed by atoms with E-state index in [0.717, 1.165) is 0 Å². The Morgan fingerprint density at radius 1 is 1.48 bits per heavy atom. The number of imidazole rings is 1. The molecule has 0 amide bonds. The van der Waals surface area contributed by atoms with Crippen molar-refractivity contribution in [2.45, 2.75) is 24.5 Å². The van der Waals surface area contributed by atoms with Crippen molar-refractivity contribution in [3.63, 3.8) is 0 Å². The van der Waals surface area contributed by atoms with Gasteiger partial charge < -0.3 is 20.7 Å². The van der Waals surface area contributed by atoms with Gasteiger partial charge in [0, 0.05) is 4.91 Å². The van der Waals surface area contributed by atoms with E-state index in [4.69, 9.17) is 16.0 Å². The van der Waals surface area contributed by atoms with Crippen molar-refractivity contribution >= 4 is 17.0 Å². The lowest BCUT2D eigenvalue weighted by Gasteiger charge is -2.16. The van der Waals surface area contributed by atoms with Crippen molar-refractivity contribution in [1.82, 2.24) is 19.5 Å². The van der Waals surface area contributed by atoms with Crippen LogP contribution in [0.25, 0.3) is 21.6 Å². The maximum Gasteiger partial charge on any atom is 0.167 e. The quantitative estimate of drug-likeness (QED) is 0.383. The topological polar surface area (TPSA) is 168 Å². The van der Waals surface area contributed by atoms with Crippen LogP contribution in [-0.4, -0.2) is 54.6 Å². The smallest absolute Gasteiger partial charge is 0.167 e. The van der Waals surface area contributed by atoms with E-state index in [0.29, 0.717) is 11.2 Å². The molecule has 0 aromatic carbocycles. The molecule has 1 aliphatic rings. The van der Waals surface area contributed by atoms with Gasteiger partial charge in [0.2, 0.25) is 0 Å². The molecule has 0 bridgehead atoms. The zero-order valence-electron chi connectivity index (χ0n) is 10.7. The number of nitrogens with two attached hydrogens (primary N) is 1. The molecule has 1 fully saturated rings. The summed E-state index contributed by atoms with van der Waals surface area (Å²) in [5.41, 5.74) is 15.1. The van der Waals surface area contributed by atoms with Crippen LogP contribution < -0.4 is 5.73 Å². The first-order chi connectivity index (χ1) is 10.2. The average Bonchev–Trinajstić information content (AvgIpc) is 3.03. The number of aliphatic hydroxyl groups excluding tert-OH is 2.